The predicted molar refractivity (Wildman–Crippen MR) is 207 cm³/mol. The van der Waals surface area contributed by atoms with Gasteiger partial charge in [-0.2, -0.15) is 0 Å². The molecule has 1 aliphatic heterocycles. The molecule has 2 aromatic heterocycles. The summed E-state index contributed by atoms with van der Waals surface area (Å²) in [5, 5.41) is 2.33. The van der Waals surface area contributed by atoms with Gasteiger partial charge in [-0.3, -0.25) is 0 Å². The number of hydrogen-bond donors (Lipinski definition) is 0. The Balaban J connectivity index is 1.54. The molecule has 6 rings (SSSR count). The number of rotatable bonds is 9. The molecule has 258 valence electrons. The van der Waals surface area contributed by atoms with Crippen molar-refractivity contribution in [2.24, 2.45) is 6.26 Å². The van der Waals surface area contributed by atoms with Crippen LogP contribution in [0, 0.1) is 6.92 Å². The van der Waals surface area contributed by atoms with Gasteiger partial charge in [-0.05, 0) is 83.3 Å². The van der Waals surface area contributed by atoms with E-state index in [1.54, 1.807) is 11.3 Å². The Hall–Kier alpha value is -2.28. The molecule has 0 radical (unpaired) electrons. The van der Waals surface area contributed by atoms with Crippen molar-refractivity contribution in [2.75, 3.05) is 0 Å². The van der Waals surface area contributed by atoms with E-state index in [0.29, 0.717) is 19.4 Å². The zero-order valence-corrected chi connectivity index (χ0v) is 34.5. The Labute approximate surface area is 295 Å². The maximum atomic E-state index is 14.5. The van der Waals surface area contributed by atoms with Crippen LogP contribution in [-0.4, -0.2) is 40.4 Å². The lowest BCUT2D eigenvalue weighted by Crippen LogP contribution is -2.56. The molecule has 0 spiro atoms. The van der Waals surface area contributed by atoms with Gasteiger partial charge in [-0.15, -0.1) is 11.3 Å². The molecule has 1 fully saturated rings. The lowest BCUT2D eigenvalue weighted by Gasteiger charge is -2.46. The maximum absolute atomic E-state index is 14.5. The number of hydrogen-bond acceptors (Lipinski definition) is 6. The molecule has 2 bridgehead atoms. The fraction of sp³-hybridized carbons (Fsp3) is 0.513. The third-order valence-electron chi connectivity index (χ3n) is 11.3. The molecule has 4 aromatic rings. The Bertz CT molecular complexity index is 1900. The first-order valence-electron chi connectivity index (χ1n) is 17.1. The van der Waals surface area contributed by atoms with Crippen LogP contribution in [0.25, 0.3) is 20.2 Å². The fourth-order valence-electron chi connectivity index (χ4n) is 6.41. The number of carbonyl (C=O) groups excluding carboxylic acids is 1. The van der Waals surface area contributed by atoms with Crippen LogP contribution in [0.2, 0.25) is 36.3 Å². The number of esters is 1. The molecule has 2 aromatic carbocycles. The van der Waals surface area contributed by atoms with Crippen molar-refractivity contribution in [2.45, 2.75) is 122 Å². The molecule has 1 aliphatic carbocycles. The van der Waals surface area contributed by atoms with Gasteiger partial charge in [0.2, 0.25) is 0 Å². The molecule has 9 heteroatoms. The molecule has 0 saturated carbocycles. The predicted octanol–water partition coefficient (Wildman–Crippen LogP) is 11.1. The quantitative estimate of drug-likeness (QED) is 0.0978. The van der Waals surface area contributed by atoms with Gasteiger partial charge in [0.25, 0.3) is 0 Å². The summed E-state index contributed by atoms with van der Waals surface area (Å²) in [6.45, 7) is 24.9. The van der Waals surface area contributed by atoms with Crippen molar-refractivity contribution in [1.29, 1.82) is 0 Å². The highest BCUT2D eigenvalue weighted by Crippen LogP contribution is 2.53. The third kappa shape index (κ3) is 6.28. The molecule has 4 atom stereocenters. The van der Waals surface area contributed by atoms with Gasteiger partial charge in [-0.25, -0.2) is 4.79 Å². The first-order chi connectivity index (χ1) is 22.2. The van der Waals surface area contributed by atoms with Crippen LogP contribution in [0.5, 0.6) is 0 Å². The fourth-order valence-corrected chi connectivity index (χ4v) is 11.8. The van der Waals surface area contributed by atoms with E-state index in [1.165, 1.54) is 30.6 Å². The highest BCUT2D eigenvalue weighted by molar-refractivity contribution is 7.35. The topological polar surface area (TPSA) is 54.0 Å². The van der Waals surface area contributed by atoms with Gasteiger partial charge in [0.15, 0.2) is 31.8 Å². The van der Waals surface area contributed by atoms with E-state index in [4.69, 9.17) is 18.3 Å². The summed E-state index contributed by atoms with van der Waals surface area (Å²) >= 11 is 1.76. The summed E-state index contributed by atoms with van der Waals surface area (Å²) in [7, 11) is -4.91. The zero-order chi connectivity index (χ0) is 35.0. The van der Waals surface area contributed by atoms with Crippen LogP contribution in [-0.2, 0) is 42.4 Å². The normalized spacial score (nSPS) is 22.6. The monoisotopic (exact) mass is 721 g/mol. The summed E-state index contributed by atoms with van der Waals surface area (Å²) in [5.41, 5.74) is 0.920. The number of benzene rings is 2. The number of thiophene rings is 2. The molecule has 3 heterocycles. The SMILES string of the molecule is Cc1ccc2sc(COC3=C(Cc4cc5ccccc5[s+]4C)[C@]4(O[Si](C)(C)C(C)(C)C)C[C@@H](OC4=O)[C@@H]3O[Si](C)(C)C(C)(C)C)cc2c1. The summed E-state index contributed by atoms with van der Waals surface area (Å²) in [5.74, 6) is 0.447. The molecule has 0 amide bonds. The molecule has 5 nitrogen and oxygen atoms in total. The van der Waals surface area contributed by atoms with Crippen molar-refractivity contribution in [3.63, 3.8) is 0 Å². The lowest BCUT2D eigenvalue weighted by molar-refractivity contribution is -0.152. The average Bonchev–Trinajstić information content (AvgIpc) is 3.61. The van der Waals surface area contributed by atoms with Gasteiger partial charge in [0.05, 0.1) is 0 Å². The van der Waals surface area contributed by atoms with Gasteiger partial charge in [0, 0.05) is 39.4 Å². The minimum absolute atomic E-state index is 0.0398. The maximum Gasteiger partial charge on any atom is 0.342 e. The minimum atomic E-state index is -2.46. The van der Waals surface area contributed by atoms with E-state index in [2.05, 4.69) is 136 Å². The Kier molecular flexibility index (Phi) is 9.03. The van der Waals surface area contributed by atoms with Crippen LogP contribution in [0.15, 0.2) is 65.9 Å². The van der Waals surface area contributed by atoms with Gasteiger partial charge in [0.1, 0.15) is 30.8 Å². The van der Waals surface area contributed by atoms with Gasteiger partial charge < -0.3 is 18.3 Å². The van der Waals surface area contributed by atoms with Crippen molar-refractivity contribution >= 4 is 64.6 Å². The lowest BCUT2D eigenvalue weighted by atomic mass is 9.80. The summed E-state index contributed by atoms with van der Waals surface area (Å²) in [4.78, 5) is 16.9. The second kappa shape index (κ2) is 12.2. The summed E-state index contributed by atoms with van der Waals surface area (Å²) < 4.78 is 30.6. The van der Waals surface area contributed by atoms with E-state index >= 15 is 0 Å². The van der Waals surface area contributed by atoms with Crippen LogP contribution in [0.1, 0.15) is 63.3 Å². The van der Waals surface area contributed by atoms with Crippen LogP contribution in [0.4, 0.5) is 0 Å². The third-order valence-corrected chi connectivity index (χ3v) is 23.4. The zero-order valence-electron chi connectivity index (χ0n) is 30.8. The molecule has 1 saturated heterocycles. The highest BCUT2D eigenvalue weighted by Gasteiger charge is 2.64. The van der Waals surface area contributed by atoms with Crippen LogP contribution >= 0.6 is 21.8 Å². The number of fused-ring (bicyclic) bond motifs is 4. The second-order valence-corrected chi connectivity index (χ2v) is 29.5. The van der Waals surface area contributed by atoms with Crippen LogP contribution in [0.3, 0.4) is 0 Å². The number of aryl methyl sites for hydroxylation is 2. The molecular weight excluding hydrogens is 669 g/mol. The molecular formula is C39H53O5S2Si2+. The number of ether oxygens (including phenoxy) is 2. The molecule has 48 heavy (non-hydrogen) atoms. The minimum Gasteiger partial charge on any atom is -0.489 e. The Morgan fingerprint density at radius 3 is 2.29 bits per heavy atom. The van der Waals surface area contributed by atoms with E-state index < -0.39 is 34.4 Å². The van der Waals surface area contributed by atoms with Crippen LogP contribution < -0.4 is 0 Å². The molecule has 2 aliphatic rings. The number of carbonyl (C=O) groups is 1. The Morgan fingerprint density at radius 2 is 1.62 bits per heavy atom. The molecule has 1 unspecified atom stereocenters. The Morgan fingerprint density at radius 1 is 0.938 bits per heavy atom. The average molecular weight is 722 g/mol. The largest absolute Gasteiger partial charge is 0.489 e. The van der Waals surface area contributed by atoms with E-state index in [-0.39, 0.29) is 26.5 Å². The summed E-state index contributed by atoms with van der Waals surface area (Å²) in [6, 6.07) is 19.7. The van der Waals surface area contributed by atoms with E-state index in [9.17, 15) is 4.79 Å². The van der Waals surface area contributed by atoms with Crippen molar-refractivity contribution in [3.8, 4) is 0 Å². The highest BCUT2D eigenvalue weighted by atomic mass is 32.2. The first kappa shape index (κ1) is 35.5. The van der Waals surface area contributed by atoms with Crippen molar-refractivity contribution in [1.82, 2.24) is 0 Å². The smallest absolute Gasteiger partial charge is 0.342 e. The van der Waals surface area contributed by atoms with Gasteiger partial charge in [-0.1, -0.05) is 71.4 Å². The van der Waals surface area contributed by atoms with E-state index in [0.717, 1.165) is 16.2 Å². The van der Waals surface area contributed by atoms with E-state index in [1.807, 2.05) is 0 Å². The van der Waals surface area contributed by atoms with Gasteiger partial charge >= 0.3 is 5.97 Å². The second-order valence-electron chi connectivity index (χ2n) is 16.9. The van der Waals surface area contributed by atoms with Crippen molar-refractivity contribution in [3.05, 3.63) is 81.2 Å². The standard InChI is InChI=1S/C39H53O5S2Si2/c1-25-17-18-32-27(19-25)20-28(45-32)24-41-34-30(22-29-21-26-15-13-14-16-33(26)46(29)8)39(44-48(11,12)38(5,6)7)23-31(42-36(39)40)35(34)43-47(9,10)37(2,3)4/h13-21,31,35H,22-24H2,1-12H3/q+1/t31-,35+,39-,46?/m1/s1. The van der Waals surface area contributed by atoms with Crippen molar-refractivity contribution < 1.29 is 23.1 Å². The molecule has 0 N–H and O–H groups in total. The summed E-state index contributed by atoms with van der Waals surface area (Å²) in [6.07, 6.45) is 2.34. The first-order valence-corrected chi connectivity index (χ1v) is 25.4.